The van der Waals surface area contributed by atoms with Crippen LogP contribution >= 0.6 is 12.4 Å². The van der Waals surface area contributed by atoms with Gasteiger partial charge >= 0.3 is 0 Å². The van der Waals surface area contributed by atoms with E-state index >= 15 is 0 Å². The number of nitrogens with one attached hydrogen (secondary N) is 1. The van der Waals surface area contributed by atoms with Crippen LogP contribution in [0.25, 0.3) is 0 Å². The molecule has 1 aliphatic heterocycles. The zero-order chi connectivity index (χ0) is 24.1. The van der Waals surface area contributed by atoms with E-state index in [1.165, 1.54) is 44.0 Å². The Morgan fingerprint density at radius 2 is 1.59 bits per heavy atom. The van der Waals surface area contributed by atoms with Crippen molar-refractivity contribution in [1.82, 2.24) is 10.4 Å². The van der Waals surface area contributed by atoms with Gasteiger partial charge in [0, 0.05) is 31.3 Å². The highest BCUT2D eigenvalue weighted by Gasteiger charge is 2.52. The van der Waals surface area contributed by atoms with Crippen molar-refractivity contribution in [2.45, 2.75) is 22.5 Å². The first-order valence-electron chi connectivity index (χ1n) is 10.2. The van der Waals surface area contributed by atoms with Crippen LogP contribution < -0.4 is 19.7 Å². The summed E-state index contributed by atoms with van der Waals surface area (Å²) in [7, 11) is -1.09. The molecule has 1 fully saturated rings. The number of hydrogen-bond donors (Lipinski definition) is 2. The molecule has 1 amide bonds. The summed E-state index contributed by atoms with van der Waals surface area (Å²) in [6.07, 6.45) is 5.35. The largest absolute Gasteiger partial charge is 0.496 e. The lowest BCUT2D eigenvalue weighted by Crippen LogP contribution is -2.57. The Hall–Kier alpha value is -2.97. The second kappa shape index (κ2) is 11.4. The molecule has 3 rings (SSSR count). The van der Waals surface area contributed by atoms with Gasteiger partial charge in [0.25, 0.3) is 5.91 Å². The lowest BCUT2D eigenvalue weighted by atomic mass is 9.95. The van der Waals surface area contributed by atoms with Crippen molar-refractivity contribution in [2.75, 3.05) is 33.9 Å². The number of methoxy groups -OCH3 is 2. The van der Waals surface area contributed by atoms with Gasteiger partial charge in [-0.1, -0.05) is 5.92 Å². The van der Waals surface area contributed by atoms with E-state index in [9.17, 15) is 18.4 Å². The van der Waals surface area contributed by atoms with E-state index in [0.29, 0.717) is 42.6 Å². The van der Waals surface area contributed by atoms with Crippen molar-refractivity contribution in [3.8, 4) is 35.3 Å². The van der Waals surface area contributed by atoms with Gasteiger partial charge in [-0.15, -0.1) is 18.8 Å². The van der Waals surface area contributed by atoms with Gasteiger partial charge in [-0.05, 0) is 37.1 Å². The number of carbonyl (C=O) groups excluding carboxylic acids is 1. The van der Waals surface area contributed by atoms with Crippen LogP contribution in [0.4, 0.5) is 0 Å². The standard InChI is InChI=1S/C23H26N2O7S.ClH/c1-4-11-25-12-9-23(10-13-25,22(26)24-27)33(28,29)21-7-5-17(6-8-21)32-20-15-18(30-2)14-19(16-20)31-3;/h1,5-8,14-16,27H,9-13H2,2-3H3,(H,24,26);1H. The van der Waals surface area contributed by atoms with Gasteiger partial charge in [-0.2, -0.15) is 0 Å². The molecule has 9 nitrogen and oxygen atoms in total. The van der Waals surface area contributed by atoms with E-state index in [4.69, 9.17) is 20.6 Å². The van der Waals surface area contributed by atoms with Gasteiger partial charge in [0.15, 0.2) is 14.6 Å². The highest BCUT2D eigenvalue weighted by Crippen LogP contribution is 2.37. The van der Waals surface area contributed by atoms with E-state index in [0.717, 1.165) is 0 Å². The first kappa shape index (κ1) is 27.3. The summed E-state index contributed by atoms with van der Waals surface area (Å²) in [6, 6.07) is 10.8. The number of piperidine rings is 1. The fourth-order valence-electron chi connectivity index (χ4n) is 3.81. The van der Waals surface area contributed by atoms with Crippen LogP contribution in [0.5, 0.6) is 23.0 Å². The molecule has 0 bridgehead atoms. The molecule has 0 atom stereocenters. The van der Waals surface area contributed by atoms with Gasteiger partial charge in [0.1, 0.15) is 23.0 Å². The second-order valence-electron chi connectivity index (χ2n) is 7.54. The average molecular weight is 511 g/mol. The molecule has 184 valence electrons. The molecular formula is C23H27ClN2O7S. The van der Waals surface area contributed by atoms with Gasteiger partial charge in [-0.3, -0.25) is 14.9 Å². The molecule has 0 unspecified atom stereocenters. The van der Waals surface area contributed by atoms with Crippen LogP contribution in [-0.4, -0.2) is 63.0 Å². The molecule has 1 heterocycles. The monoisotopic (exact) mass is 510 g/mol. The number of rotatable bonds is 8. The van der Waals surface area contributed by atoms with Crippen molar-refractivity contribution >= 4 is 28.2 Å². The lowest BCUT2D eigenvalue weighted by molar-refractivity contribution is -0.133. The Morgan fingerprint density at radius 1 is 1.06 bits per heavy atom. The van der Waals surface area contributed by atoms with E-state index in [1.54, 1.807) is 18.2 Å². The molecule has 34 heavy (non-hydrogen) atoms. The highest BCUT2D eigenvalue weighted by atomic mass is 35.5. The van der Waals surface area contributed by atoms with Crippen molar-refractivity contribution in [3.63, 3.8) is 0 Å². The third-order valence-corrected chi connectivity index (χ3v) is 8.22. The SMILES string of the molecule is C#CCN1CCC(C(=O)NO)(S(=O)(=O)c2ccc(Oc3cc(OC)cc(OC)c3)cc2)CC1.Cl. The predicted octanol–water partition coefficient (Wildman–Crippen LogP) is 2.66. The summed E-state index contributed by atoms with van der Waals surface area (Å²) in [5, 5.41) is 9.28. The van der Waals surface area contributed by atoms with E-state index < -0.39 is 20.5 Å². The number of benzene rings is 2. The molecule has 2 aromatic carbocycles. The van der Waals surface area contributed by atoms with Crippen molar-refractivity contribution < 1.29 is 32.6 Å². The van der Waals surface area contributed by atoms with Crippen molar-refractivity contribution in [1.29, 1.82) is 0 Å². The first-order chi connectivity index (χ1) is 15.8. The molecule has 0 radical (unpaired) electrons. The van der Waals surface area contributed by atoms with Crippen LogP contribution in [0.3, 0.4) is 0 Å². The molecule has 0 spiro atoms. The number of hydroxylamine groups is 1. The minimum Gasteiger partial charge on any atom is -0.496 e. The maximum atomic E-state index is 13.5. The summed E-state index contributed by atoms with van der Waals surface area (Å²) >= 11 is 0. The Balaban J connectivity index is 0.00000408. The van der Waals surface area contributed by atoms with Crippen LogP contribution in [0.1, 0.15) is 12.8 Å². The zero-order valence-corrected chi connectivity index (χ0v) is 20.4. The highest BCUT2D eigenvalue weighted by molar-refractivity contribution is 7.93. The van der Waals surface area contributed by atoms with Crippen molar-refractivity contribution in [2.24, 2.45) is 0 Å². The van der Waals surface area contributed by atoms with Crippen LogP contribution in [0.15, 0.2) is 47.4 Å². The summed E-state index contributed by atoms with van der Waals surface area (Å²) in [6.45, 7) is 0.989. The lowest BCUT2D eigenvalue weighted by Gasteiger charge is -2.38. The quantitative estimate of drug-likeness (QED) is 0.316. The average Bonchev–Trinajstić information content (AvgIpc) is 2.84. The summed E-state index contributed by atoms with van der Waals surface area (Å²) in [5.74, 6) is 3.47. The molecule has 1 aliphatic rings. The third-order valence-electron chi connectivity index (χ3n) is 5.70. The predicted molar refractivity (Wildman–Crippen MR) is 128 cm³/mol. The second-order valence-corrected chi connectivity index (χ2v) is 9.80. The molecule has 2 aromatic rings. The molecule has 0 aliphatic carbocycles. The topological polar surface area (TPSA) is 114 Å². The Kier molecular flexibility index (Phi) is 9.18. The van der Waals surface area contributed by atoms with Crippen LogP contribution in [0.2, 0.25) is 0 Å². The number of sulfone groups is 1. The molecule has 11 heteroatoms. The number of hydrogen-bond acceptors (Lipinski definition) is 8. The number of carbonyl (C=O) groups is 1. The first-order valence-corrected chi connectivity index (χ1v) is 11.6. The van der Waals surface area contributed by atoms with Gasteiger partial charge in [-0.25, -0.2) is 13.9 Å². The number of amides is 1. The third kappa shape index (κ3) is 5.39. The number of nitrogens with zero attached hydrogens (tertiary/aromatic N) is 1. The number of likely N-dealkylation sites (tertiary alicyclic amines) is 1. The fraction of sp³-hybridized carbons (Fsp3) is 0.348. The number of terminal acetylenes is 1. The minimum atomic E-state index is -4.13. The van der Waals surface area contributed by atoms with Crippen LogP contribution in [-0.2, 0) is 14.6 Å². The number of ether oxygens (including phenoxy) is 3. The minimum absolute atomic E-state index is 0. The Bertz CT molecular complexity index is 1120. The van der Waals surface area contributed by atoms with E-state index in [-0.39, 0.29) is 30.1 Å². The zero-order valence-electron chi connectivity index (χ0n) is 18.8. The van der Waals surface area contributed by atoms with Crippen LogP contribution in [0, 0.1) is 12.3 Å². The summed E-state index contributed by atoms with van der Waals surface area (Å²) in [5.41, 5.74) is 1.54. The molecule has 0 aromatic heterocycles. The Morgan fingerprint density at radius 3 is 2.06 bits per heavy atom. The number of halogens is 1. The smallest absolute Gasteiger partial charge is 0.265 e. The van der Waals surface area contributed by atoms with Gasteiger partial charge in [0.05, 0.1) is 25.7 Å². The van der Waals surface area contributed by atoms with Gasteiger partial charge in [0.2, 0.25) is 0 Å². The maximum absolute atomic E-state index is 13.5. The van der Waals surface area contributed by atoms with Crippen molar-refractivity contribution in [3.05, 3.63) is 42.5 Å². The summed E-state index contributed by atoms with van der Waals surface area (Å²) < 4.78 is 41.5. The van der Waals surface area contributed by atoms with E-state index in [1.807, 2.05) is 4.90 Å². The Labute approximate surface area is 205 Å². The maximum Gasteiger partial charge on any atom is 0.265 e. The summed E-state index contributed by atoms with van der Waals surface area (Å²) in [4.78, 5) is 14.4. The fourth-order valence-corrected chi connectivity index (χ4v) is 5.77. The van der Waals surface area contributed by atoms with E-state index in [2.05, 4.69) is 5.92 Å². The molecule has 0 saturated carbocycles. The molecule has 2 N–H and O–H groups in total. The van der Waals surface area contributed by atoms with Gasteiger partial charge < -0.3 is 14.2 Å². The molecule has 1 saturated heterocycles. The molecular weight excluding hydrogens is 484 g/mol. The normalized spacial score (nSPS) is 15.4.